The number of hydrogen-bond donors (Lipinski definition) is 2. The molecule has 168 valence electrons. The Morgan fingerprint density at radius 3 is 2.65 bits per heavy atom. The van der Waals surface area contributed by atoms with Crippen LogP contribution >= 0.6 is 0 Å². The molecular weight excluding hydrogens is 394 g/mol. The van der Waals surface area contributed by atoms with Crippen LogP contribution in [0.2, 0.25) is 0 Å². The summed E-state index contributed by atoms with van der Waals surface area (Å²) in [5.74, 6) is 2.24. The first kappa shape index (κ1) is 22.8. The molecule has 1 saturated heterocycles. The van der Waals surface area contributed by atoms with Crippen molar-refractivity contribution in [1.82, 2.24) is 20.5 Å². The van der Waals surface area contributed by atoms with Crippen molar-refractivity contribution in [1.29, 1.82) is 0 Å². The maximum absolute atomic E-state index is 5.62. The molecule has 0 radical (unpaired) electrons. The zero-order valence-corrected chi connectivity index (χ0v) is 18.6. The lowest BCUT2D eigenvalue weighted by Gasteiger charge is -2.35. The molecule has 1 aromatic heterocycles. The predicted molar refractivity (Wildman–Crippen MR) is 122 cm³/mol. The first-order chi connectivity index (χ1) is 15.2. The van der Waals surface area contributed by atoms with Crippen LogP contribution in [0.25, 0.3) is 0 Å². The van der Waals surface area contributed by atoms with Gasteiger partial charge in [0.1, 0.15) is 5.75 Å². The lowest BCUT2D eigenvalue weighted by Crippen LogP contribution is -2.46. The van der Waals surface area contributed by atoms with Crippen LogP contribution in [-0.2, 0) is 11.3 Å². The standard InChI is InChI=1S/C23H33N5O3/c1-4-31-22-19(6-5-11-25-22)16-26-23(24-2)27-17-21(28-12-14-30-15-13-28)18-7-9-20(29-3)10-8-18/h5-11,21H,4,12-17H2,1-3H3,(H2,24,26,27). The molecular formula is C23H33N5O3. The molecule has 1 unspecified atom stereocenters. The SMILES string of the molecule is CCOc1ncccc1CNC(=NC)NCC(c1ccc(OC)cc1)N1CCOCC1. The molecule has 2 N–H and O–H groups in total. The molecule has 2 aromatic rings. The topological polar surface area (TPSA) is 80.2 Å². The molecule has 31 heavy (non-hydrogen) atoms. The summed E-state index contributed by atoms with van der Waals surface area (Å²) in [5.41, 5.74) is 2.23. The van der Waals surface area contributed by atoms with Gasteiger partial charge in [-0.25, -0.2) is 4.98 Å². The van der Waals surface area contributed by atoms with Gasteiger partial charge in [0.25, 0.3) is 0 Å². The molecule has 1 atom stereocenters. The van der Waals surface area contributed by atoms with Crippen LogP contribution < -0.4 is 20.1 Å². The maximum Gasteiger partial charge on any atom is 0.218 e. The van der Waals surface area contributed by atoms with Crippen LogP contribution in [0, 0.1) is 0 Å². The maximum atomic E-state index is 5.62. The fourth-order valence-corrected chi connectivity index (χ4v) is 3.59. The summed E-state index contributed by atoms with van der Waals surface area (Å²) in [6.07, 6.45) is 1.74. The van der Waals surface area contributed by atoms with Crippen molar-refractivity contribution >= 4 is 5.96 Å². The monoisotopic (exact) mass is 427 g/mol. The summed E-state index contributed by atoms with van der Waals surface area (Å²) in [6, 6.07) is 12.4. The van der Waals surface area contributed by atoms with Gasteiger partial charge in [-0.1, -0.05) is 18.2 Å². The number of morpholine rings is 1. The number of aliphatic imine (C=N–C) groups is 1. The summed E-state index contributed by atoms with van der Waals surface area (Å²) in [7, 11) is 3.46. The minimum absolute atomic E-state index is 0.200. The number of methoxy groups -OCH3 is 1. The van der Waals surface area contributed by atoms with E-state index in [4.69, 9.17) is 14.2 Å². The van der Waals surface area contributed by atoms with Gasteiger partial charge >= 0.3 is 0 Å². The van der Waals surface area contributed by atoms with Crippen molar-refractivity contribution in [3.63, 3.8) is 0 Å². The zero-order chi connectivity index (χ0) is 21.9. The third kappa shape index (κ3) is 6.57. The second-order valence-electron chi connectivity index (χ2n) is 7.14. The highest BCUT2D eigenvalue weighted by molar-refractivity contribution is 5.79. The lowest BCUT2D eigenvalue weighted by atomic mass is 10.0. The number of nitrogens with one attached hydrogen (secondary N) is 2. The summed E-state index contributed by atoms with van der Waals surface area (Å²) < 4.78 is 16.5. The van der Waals surface area contributed by atoms with Crippen molar-refractivity contribution in [3.8, 4) is 11.6 Å². The molecule has 1 aliphatic rings. The minimum atomic E-state index is 0.200. The Kier molecular flexibility index (Phi) is 8.93. The molecule has 0 amide bonds. The summed E-state index contributed by atoms with van der Waals surface area (Å²) in [4.78, 5) is 11.1. The Balaban J connectivity index is 1.64. The van der Waals surface area contributed by atoms with Crippen molar-refractivity contribution in [2.45, 2.75) is 19.5 Å². The van der Waals surface area contributed by atoms with Crippen LogP contribution in [0.5, 0.6) is 11.6 Å². The van der Waals surface area contributed by atoms with E-state index in [0.717, 1.165) is 50.1 Å². The quantitative estimate of drug-likeness (QED) is 0.469. The highest BCUT2D eigenvalue weighted by Gasteiger charge is 2.23. The van der Waals surface area contributed by atoms with Crippen LogP contribution in [0.4, 0.5) is 0 Å². The van der Waals surface area contributed by atoms with Gasteiger partial charge in [-0.15, -0.1) is 0 Å². The number of guanidine groups is 1. The highest BCUT2D eigenvalue weighted by Crippen LogP contribution is 2.23. The van der Waals surface area contributed by atoms with E-state index in [1.807, 2.05) is 31.2 Å². The number of aromatic nitrogens is 1. The number of nitrogens with zero attached hydrogens (tertiary/aromatic N) is 3. The molecule has 8 nitrogen and oxygen atoms in total. The molecule has 1 aliphatic heterocycles. The number of hydrogen-bond acceptors (Lipinski definition) is 6. The fraction of sp³-hybridized carbons (Fsp3) is 0.478. The van der Waals surface area contributed by atoms with Crippen LogP contribution in [0.15, 0.2) is 47.6 Å². The molecule has 8 heteroatoms. The van der Waals surface area contributed by atoms with Gasteiger partial charge in [-0.3, -0.25) is 9.89 Å². The van der Waals surface area contributed by atoms with E-state index >= 15 is 0 Å². The van der Waals surface area contributed by atoms with Crippen LogP contribution in [0.1, 0.15) is 24.1 Å². The fourth-order valence-electron chi connectivity index (χ4n) is 3.59. The second-order valence-corrected chi connectivity index (χ2v) is 7.14. The van der Waals surface area contributed by atoms with Gasteiger partial charge in [-0.2, -0.15) is 0 Å². The largest absolute Gasteiger partial charge is 0.497 e. The molecule has 0 bridgehead atoms. The number of rotatable bonds is 9. The zero-order valence-electron chi connectivity index (χ0n) is 18.6. The van der Waals surface area contributed by atoms with Crippen molar-refractivity contribution in [2.75, 3.05) is 53.6 Å². The van der Waals surface area contributed by atoms with Gasteiger partial charge < -0.3 is 24.8 Å². The number of benzene rings is 1. The van der Waals surface area contributed by atoms with E-state index < -0.39 is 0 Å². The van der Waals surface area contributed by atoms with E-state index in [0.29, 0.717) is 19.0 Å². The van der Waals surface area contributed by atoms with E-state index in [9.17, 15) is 0 Å². The Morgan fingerprint density at radius 1 is 1.19 bits per heavy atom. The molecule has 0 spiro atoms. The second kappa shape index (κ2) is 12.1. The number of pyridine rings is 1. The molecule has 3 rings (SSSR count). The molecule has 0 aliphatic carbocycles. The highest BCUT2D eigenvalue weighted by atomic mass is 16.5. The summed E-state index contributed by atoms with van der Waals surface area (Å²) in [5, 5.41) is 6.85. The third-order valence-electron chi connectivity index (χ3n) is 5.25. The summed E-state index contributed by atoms with van der Waals surface area (Å²) >= 11 is 0. The Labute approximate surface area is 184 Å². The smallest absolute Gasteiger partial charge is 0.218 e. The van der Waals surface area contributed by atoms with Gasteiger partial charge in [0.05, 0.1) is 33.0 Å². The molecule has 2 heterocycles. The minimum Gasteiger partial charge on any atom is -0.497 e. The van der Waals surface area contributed by atoms with Crippen molar-refractivity contribution in [3.05, 3.63) is 53.7 Å². The first-order valence-electron chi connectivity index (χ1n) is 10.7. The lowest BCUT2D eigenvalue weighted by molar-refractivity contribution is 0.0170. The van der Waals surface area contributed by atoms with E-state index in [-0.39, 0.29) is 6.04 Å². The van der Waals surface area contributed by atoms with Crippen molar-refractivity contribution in [2.24, 2.45) is 4.99 Å². The molecule has 1 aromatic carbocycles. The van der Waals surface area contributed by atoms with Crippen LogP contribution in [-0.4, -0.2) is 69.5 Å². The third-order valence-corrected chi connectivity index (χ3v) is 5.25. The average molecular weight is 428 g/mol. The first-order valence-corrected chi connectivity index (χ1v) is 10.7. The van der Waals surface area contributed by atoms with Gasteiger partial charge in [0, 0.05) is 45.0 Å². The summed E-state index contributed by atoms with van der Waals surface area (Å²) in [6.45, 7) is 7.14. The predicted octanol–water partition coefficient (Wildman–Crippen LogP) is 2.23. The number of ether oxygens (including phenoxy) is 3. The van der Waals surface area contributed by atoms with Crippen LogP contribution in [0.3, 0.4) is 0 Å². The Bertz CT molecular complexity index is 822. The normalized spacial score (nSPS) is 15.9. The Morgan fingerprint density at radius 2 is 1.97 bits per heavy atom. The van der Waals surface area contributed by atoms with E-state index in [1.165, 1.54) is 5.56 Å². The van der Waals surface area contributed by atoms with E-state index in [2.05, 4.69) is 37.6 Å². The van der Waals surface area contributed by atoms with Gasteiger partial charge in [0.15, 0.2) is 5.96 Å². The van der Waals surface area contributed by atoms with E-state index in [1.54, 1.807) is 20.4 Å². The van der Waals surface area contributed by atoms with Gasteiger partial charge in [0.2, 0.25) is 5.88 Å². The van der Waals surface area contributed by atoms with Crippen molar-refractivity contribution < 1.29 is 14.2 Å². The Hall–Kier alpha value is -2.84. The van der Waals surface area contributed by atoms with Gasteiger partial charge in [-0.05, 0) is 30.7 Å². The molecule has 1 fully saturated rings. The average Bonchev–Trinajstić information content (AvgIpc) is 2.83. The molecule has 0 saturated carbocycles.